The third-order valence-corrected chi connectivity index (χ3v) is 2.71. The van der Waals surface area contributed by atoms with Gasteiger partial charge in [-0.2, -0.15) is 4.98 Å². The highest BCUT2D eigenvalue weighted by atomic mass is 35.5. The van der Waals surface area contributed by atoms with Crippen LogP contribution in [0.5, 0.6) is 6.01 Å². The number of hydrogen-bond donors (Lipinski definition) is 2. The number of nitrogens with two attached hydrogens (primary N) is 1. The summed E-state index contributed by atoms with van der Waals surface area (Å²) in [5.41, 5.74) is 5.70. The van der Waals surface area contributed by atoms with Crippen molar-refractivity contribution in [1.29, 1.82) is 0 Å². The first-order chi connectivity index (χ1) is 8.21. The Morgan fingerprint density at radius 1 is 1.59 bits per heavy atom. The van der Waals surface area contributed by atoms with Gasteiger partial charge >= 0.3 is 6.01 Å². The SMILES string of the molecule is CCCCC(CN)Nc1nc(OC)ncc1Cl. The van der Waals surface area contributed by atoms with Crippen molar-refractivity contribution in [2.45, 2.75) is 32.2 Å². The lowest BCUT2D eigenvalue weighted by molar-refractivity contribution is 0.380. The molecule has 0 saturated carbocycles. The van der Waals surface area contributed by atoms with Crippen LogP contribution in [0, 0.1) is 0 Å². The molecule has 0 saturated heterocycles. The molecule has 0 radical (unpaired) electrons. The van der Waals surface area contributed by atoms with Crippen LogP contribution in [0.1, 0.15) is 26.2 Å². The highest BCUT2D eigenvalue weighted by Crippen LogP contribution is 2.21. The Balaban J connectivity index is 2.70. The van der Waals surface area contributed by atoms with E-state index in [2.05, 4.69) is 22.2 Å². The molecule has 0 fully saturated rings. The summed E-state index contributed by atoms with van der Waals surface area (Å²) < 4.78 is 4.95. The molecule has 1 aromatic rings. The van der Waals surface area contributed by atoms with Gasteiger partial charge in [0.25, 0.3) is 0 Å². The summed E-state index contributed by atoms with van der Waals surface area (Å²) in [6, 6.07) is 0.468. The van der Waals surface area contributed by atoms with E-state index in [1.54, 1.807) is 0 Å². The third kappa shape index (κ3) is 4.36. The molecule has 1 rings (SSSR count). The van der Waals surface area contributed by atoms with E-state index in [0.717, 1.165) is 19.3 Å². The molecule has 6 heteroatoms. The number of ether oxygens (including phenoxy) is 1. The lowest BCUT2D eigenvalue weighted by atomic mass is 10.1. The second-order valence-corrected chi connectivity index (χ2v) is 4.18. The molecule has 1 unspecified atom stereocenters. The van der Waals surface area contributed by atoms with Gasteiger partial charge in [0.15, 0.2) is 5.82 Å². The topological polar surface area (TPSA) is 73.1 Å². The number of unbranched alkanes of at least 4 members (excludes halogenated alkanes) is 1. The fraction of sp³-hybridized carbons (Fsp3) is 0.636. The molecule has 1 heterocycles. The van der Waals surface area contributed by atoms with Crippen molar-refractivity contribution >= 4 is 17.4 Å². The van der Waals surface area contributed by atoms with Crippen LogP contribution in [0.3, 0.4) is 0 Å². The first-order valence-electron chi connectivity index (χ1n) is 5.74. The molecule has 0 amide bonds. The molecule has 0 aliphatic carbocycles. The zero-order chi connectivity index (χ0) is 12.7. The highest BCUT2D eigenvalue weighted by Gasteiger charge is 2.11. The third-order valence-electron chi connectivity index (χ3n) is 2.44. The van der Waals surface area contributed by atoms with Crippen molar-refractivity contribution in [1.82, 2.24) is 9.97 Å². The number of nitrogens with one attached hydrogen (secondary N) is 1. The molecule has 3 N–H and O–H groups in total. The van der Waals surface area contributed by atoms with Crippen LogP contribution in [0.4, 0.5) is 5.82 Å². The quantitative estimate of drug-likeness (QED) is 0.783. The predicted octanol–water partition coefficient (Wildman–Crippen LogP) is 2.07. The standard InChI is InChI=1S/C11H19ClN4O/c1-3-4-5-8(6-13)15-10-9(12)7-14-11(16-10)17-2/h7-8H,3-6,13H2,1-2H3,(H,14,15,16). The molecular formula is C11H19ClN4O. The summed E-state index contributed by atoms with van der Waals surface area (Å²) in [4.78, 5) is 8.07. The molecule has 17 heavy (non-hydrogen) atoms. The average molecular weight is 259 g/mol. The number of methoxy groups -OCH3 is 1. The number of nitrogens with zero attached hydrogens (tertiary/aromatic N) is 2. The summed E-state index contributed by atoms with van der Waals surface area (Å²) in [7, 11) is 1.52. The first-order valence-corrected chi connectivity index (χ1v) is 6.12. The summed E-state index contributed by atoms with van der Waals surface area (Å²) in [6.45, 7) is 2.69. The first kappa shape index (κ1) is 14.0. The fourth-order valence-corrected chi connectivity index (χ4v) is 1.59. The average Bonchev–Trinajstić information content (AvgIpc) is 2.36. The Morgan fingerprint density at radius 3 is 2.94 bits per heavy atom. The molecule has 96 valence electrons. The Kier molecular flexibility index (Phi) is 6.00. The van der Waals surface area contributed by atoms with Crippen molar-refractivity contribution in [2.24, 2.45) is 5.73 Å². The van der Waals surface area contributed by atoms with Gasteiger partial charge in [-0.05, 0) is 6.42 Å². The second kappa shape index (κ2) is 7.29. The van der Waals surface area contributed by atoms with E-state index in [4.69, 9.17) is 22.1 Å². The number of halogens is 1. The summed E-state index contributed by atoms with van der Waals surface area (Å²) in [6.07, 6.45) is 4.77. The van der Waals surface area contributed by atoms with E-state index in [-0.39, 0.29) is 6.04 Å². The van der Waals surface area contributed by atoms with Crippen molar-refractivity contribution < 1.29 is 4.74 Å². The molecule has 0 aliphatic rings. The van der Waals surface area contributed by atoms with Gasteiger partial charge in [-0.25, -0.2) is 4.98 Å². The summed E-state index contributed by atoms with van der Waals surface area (Å²) in [5.74, 6) is 0.574. The fourth-order valence-electron chi connectivity index (χ4n) is 1.44. The molecule has 0 aromatic carbocycles. The monoisotopic (exact) mass is 258 g/mol. The Morgan fingerprint density at radius 2 is 2.35 bits per heavy atom. The minimum absolute atomic E-state index is 0.173. The molecule has 1 aromatic heterocycles. The van der Waals surface area contributed by atoms with E-state index < -0.39 is 0 Å². The summed E-state index contributed by atoms with van der Waals surface area (Å²) >= 11 is 6.00. The minimum Gasteiger partial charge on any atom is -0.467 e. The number of hydrogen-bond acceptors (Lipinski definition) is 5. The van der Waals surface area contributed by atoms with Crippen LogP contribution in [-0.4, -0.2) is 29.7 Å². The van der Waals surface area contributed by atoms with Crippen molar-refractivity contribution in [3.63, 3.8) is 0 Å². The van der Waals surface area contributed by atoms with Crippen LogP contribution in [0.15, 0.2) is 6.20 Å². The molecule has 5 nitrogen and oxygen atoms in total. The van der Waals surface area contributed by atoms with Gasteiger partial charge in [0.05, 0.1) is 13.3 Å². The Hall–Kier alpha value is -1.07. The van der Waals surface area contributed by atoms with Gasteiger partial charge in [-0.15, -0.1) is 0 Å². The van der Waals surface area contributed by atoms with Gasteiger partial charge in [-0.1, -0.05) is 31.4 Å². The van der Waals surface area contributed by atoms with Crippen LogP contribution >= 0.6 is 11.6 Å². The van der Waals surface area contributed by atoms with E-state index in [0.29, 0.717) is 23.4 Å². The van der Waals surface area contributed by atoms with Gasteiger partial charge in [0.1, 0.15) is 5.02 Å². The second-order valence-electron chi connectivity index (χ2n) is 3.77. The maximum atomic E-state index is 6.00. The number of aromatic nitrogens is 2. The smallest absolute Gasteiger partial charge is 0.318 e. The highest BCUT2D eigenvalue weighted by molar-refractivity contribution is 6.32. The predicted molar refractivity (Wildman–Crippen MR) is 69.6 cm³/mol. The van der Waals surface area contributed by atoms with Gasteiger partial charge in [0.2, 0.25) is 0 Å². The number of rotatable bonds is 7. The van der Waals surface area contributed by atoms with E-state index in [1.165, 1.54) is 13.3 Å². The molecular weight excluding hydrogens is 240 g/mol. The maximum absolute atomic E-state index is 6.00. The largest absolute Gasteiger partial charge is 0.467 e. The van der Waals surface area contributed by atoms with Crippen LogP contribution in [0.25, 0.3) is 0 Å². The molecule has 0 spiro atoms. The van der Waals surface area contributed by atoms with E-state index in [1.807, 2.05) is 0 Å². The Bertz CT molecular complexity index is 348. The van der Waals surface area contributed by atoms with Crippen molar-refractivity contribution in [2.75, 3.05) is 19.0 Å². The zero-order valence-corrected chi connectivity index (χ0v) is 11.0. The zero-order valence-electron chi connectivity index (χ0n) is 10.2. The number of anilines is 1. The molecule has 0 bridgehead atoms. The normalized spacial score (nSPS) is 12.2. The lowest BCUT2D eigenvalue weighted by Gasteiger charge is -2.17. The maximum Gasteiger partial charge on any atom is 0.318 e. The van der Waals surface area contributed by atoms with Gasteiger partial charge in [-0.3, -0.25) is 0 Å². The van der Waals surface area contributed by atoms with Crippen LogP contribution in [-0.2, 0) is 0 Å². The van der Waals surface area contributed by atoms with Crippen LogP contribution in [0.2, 0.25) is 5.02 Å². The van der Waals surface area contributed by atoms with Gasteiger partial charge < -0.3 is 15.8 Å². The molecule has 0 aliphatic heterocycles. The summed E-state index contributed by atoms with van der Waals surface area (Å²) in [5, 5.41) is 3.69. The van der Waals surface area contributed by atoms with E-state index >= 15 is 0 Å². The van der Waals surface area contributed by atoms with Crippen molar-refractivity contribution in [3.8, 4) is 6.01 Å². The van der Waals surface area contributed by atoms with Gasteiger partial charge in [0, 0.05) is 12.6 Å². The van der Waals surface area contributed by atoms with Crippen molar-refractivity contribution in [3.05, 3.63) is 11.2 Å². The molecule has 1 atom stereocenters. The van der Waals surface area contributed by atoms with E-state index in [9.17, 15) is 0 Å². The Labute approximate surface area is 107 Å². The minimum atomic E-state index is 0.173. The van der Waals surface area contributed by atoms with Crippen LogP contribution < -0.4 is 15.8 Å². The lowest BCUT2D eigenvalue weighted by Crippen LogP contribution is -2.29.